The van der Waals surface area contributed by atoms with Crippen molar-refractivity contribution in [2.45, 2.75) is 50.8 Å². The molecule has 0 saturated carbocycles. The van der Waals surface area contributed by atoms with Crippen LogP contribution < -0.4 is 10.6 Å². The van der Waals surface area contributed by atoms with Crippen LogP contribution in [0, 0.1) is 5.92 Å². The van der Waals surface area contributed by atoms with Crippen molar-refractivity contribution in [1.29, 1.82) is 0 Å². The average Bonchev–Trinajstić information content (AvgIpc) is 3.50. The molecule has 1 heterocycles. The number of hydrogen-bond acceptors (Lipinski definition) is 8. The maximum atomic E-state index is 14.0. The van der Waals surface area contributed by atoms with Crippen molar-refractivity contribution in [3.8, 4) is 0 Å². The third kappa shape index (κ3) is 10.0. The molecular formula is C36H35Cl2N3O8. The number of esters is 1. The van der Waals surface area contributed by atoms with E-state index in [9.17, 15) is 29.1 Å². The first-order valence-electron chi connectivity index (χ1n) is 15.4. The molecule has 2 amide bonds. The Labute approximate surface area is 293 Å². The summed E-state index contributed by atoms with van der Waals surface area (Å²) in [4.78, 5) is 70.4. The Morgan fingerprint density at radius 1 is 0.939 bits per heavy atom. The van der Waals surface area contributed by atoms with E-state index in [-0.39, 0.29) is 40.3 Å². The van der Waals surface area contributed by atoms with Gasteiger partial charge in [-0.2, -0.15) is 0 Å². The Morgan fingerprint density at radius 3 is 2.18 bits per heavy atom. The van der Waals surface area contributed by atoms with Gasteiger partial charge < -0.3 is 25.3 Å². The number of carbonyl (C=O) groups is 5. The fraction of sp³-hybridized carbons (Fsp3) is 0.278. The molecule has 13 heteroatoms. The number of nitrogens with one attached hydrogen (secondary N) is 2. The minimum absolute atomic E-state index is 0.000450. The van der Waals surface area contributed by atoms with Gasteiger partial charge in [-0.3, -0.25) is 19.2 Å². The first-order chi connectivity index (χ1) is 23.4. The molecule has 2 unspecified atom stereocenters. The lowest BCUT2D eigenvalue weighted by Crippen LogP contribution is -2.55. The molecule has 3 aromatic carbocycles. The van der Waals surface area contributed by atoms with E-state index in [2.05, 4.69) is 15.8 Å². The molecular weight excluding hydrogens is 673 g/mol. The van der Waals surface area contributed by atoms with E-state index in [1.807, 2.05) is 44.2 Å². The second-order valence-electron chi connectivity index (χ2n) is 11.7. The van der Waals surface area contributed by atoms with Gasteiger partial charge in [0.25, 0.3) is 5.91 Å². The van der Waals surface area contributed by atoms with Crippen molar-refractivity contribution in [3.63, 3.8) is 0 Å². The van der Waals surface area contributed by atoms with E-state index in [1.54, 1.807) is 36.4 Å². The minimum atomic E-state index is -1.70. The summed E-state index contributed by atoms with van der Waals surface area (Å²) in [6.45, 7) is 2.89. The first kappa shape index (κ1) is 36.8. The van der Waals surface area contributed by atoms with Gasteiger partial charge in [0.1, 0.15) is 6.04 Å². The molecule has 3 N–H and O–H groups in total. The quantitative estimate of drug-likeness (QED) is 0.142. The van der Waals surface area contributed by atoms with Gasteiger partial charge in [0.2, 0.25) is 11.5 Å². The van der Waals surface area contributed by atoms with Gasteiger partial charge in [0.15, 0.2) is 12.4 Å². The normalized spacial score (nSPS) is 16.7. The zero-order chi connectivity index (χ0) is 35.6. The number of oxime groups is 1. The Kier molecular flexibility index (Phi) is 12.7. The van der Waals surface area contributed by atoms with Crippen molar-refractivity contribution in [3.05, 3.63) is 112 Å². The number of benzene rings is 3. The molecule has 11 nitrogen and oxygen atoms in total. The van der Waals surface area contributed by atoms with Gasteiger partial charge in [-0.1, -0.05) is 109 Å². The van der Waals surface area contributed by atoms with E-state index >= 15 is 0 Å². The van der Waals surface area contributed by atoms with E-state index in [0.29, 0.717) is 11.3 Å². The minimum Gasteiger partial charge on any atom is -0.481 e. The summed E-state index contributed by atoms with van der Waals surface area (Å²) in [6, 6.07) is 20.4. The van der Waals surface area contributed by atoms with Crippen molar-refractivity contribution in [2.75, 3.05) is 6.61 Å². The maximum Gasteiger partial charge on any atom is 0.341 e. The van der Waals surface area contributed by atoms with Crippen LogP contribution in [-0.2, 0) is 35.2 Å². The second kappa shape index (κ2) is 16.9. The number of halogens is 2. The van der Waals surface area contributed by atoms with Crippen LogP contribution >= 0.6 is 23.2 Å². The number of nitrogens with zero attached hydrogens (tertiary/aromatic N) is 1. The topological polar surface area (TPSA) is 160 Å². The number of carboxylic acid groups (broad SMARTS) is 1. The van der Waals surface area contributed by atoms with Gasteiger partial charge in [-0.15, -0.1) is 0 Å². The number of Topliss-reactive ketones (excluding diaryl/α,β-unsaturated/α-hetero) is 1. The smallest absolute Gasteiger partial charge is 0.341 e. The largest absolute Gasteiger partial charge is 0.481 e. The number of hydrogen-bond donors (Lipinski definition) is 3. The molecule has 0 aromatic heterocycles. The van der Waals surface area contributed by atoms with Crippen molar-refractivity contribution in [1.82, 2.24) is 10.6 Å². The second-order valence-corrected chi connectivity index (χ2v) is 12.6. The summed E-state index contributed by atoms with van der Waals surface area (Å²) >= 11 is 12.1. The molecule has 0 spiro atoms. The number of amides is 2. The summed E-state index contributed by atoms with van der Waals surface area (Å²) in [5, 5.41) is 19.2. The van der Waals surface area contributed by atoms with Crippen molar-refractivity contribution >= 4 is 64.5 Å². The predicted octanol–water partition coefficient (Wildman–Crippen LogP) is 5.29. The highest BCUT2D eigenvalue weighted by Crippen LogP contribution is 2.32. The monoisotopic (exact) mass is 707 g/mol. The van der Waals surface area contributed by atoms with Crippen LogP contribution in [0.3, 0.4) is 0 Å². The molecule has 3 atom stereocenters. The molecule has 0 aliphatic carbocycles. The summed E-state index contributed by atoms with van der Waals surface area (Å²) in [6.07, 6.45) is 2.20. The standard InChI is InChI=1S/C36H35Cl2N3O8/c1-22(2)33(40-30(43)17-16-23-10-5-3-6-11-23)28-20-36(49-41-28,19-24-12-7-4-8-13-24)35(47)39-27(18-31(44)45)29(42)21-48-34(46)32-25(37)14-9-15-26(32)38/h3-17,22,27,33H,18-21H2,1-2H3,(H,39,47)(H,40,43)(H,44,45)/b17-16+/t27-,33?,36?/m0/s1. The van der Waals surface area contributed by atoms with Crippen LogP contribution in [0.2, 0.25) is 10.0 Å². The highest BCUT2D eigenvalue weighted by Gasteiger charge is 2.49. The van der Waals surface area contributed by atoms with E-state index in [4.69, 9.17) is 32.8 Å². The lowest BCUT2D eigenvalue weighted by atomic mass is 9.84. The molecule has 0 radical (unpaired) electrons. The zero-order valence-electron chi connectivity index (χ0n) is 26.7. The lowest BCUT2D eigenvalue weighted by molar-refractivity contribution is -0.148. The van der Waals surface area contributed by atoms with Crippen LogP contribution in [0.1, 0.15) is 48.2 Å². The highest BCUT2D eigenvalue weighted by atomic mass is 35.5. The third-order valence-corrected chi connectivity index (χ3v) is 8.32. The maximum absolute atomic E-state index is 14.0. The molecule has 0 saturated heterocycles. The zero-order valence-corrected chi connectivity index (χ0v) is 28.2. The number of carbonyl (C=O) groups excluding carboxylic acids is 4. The number of carboxylic acids is 1. The van der Waals surface area contributed by atoms with E-state index < -0.39 is 54.3 Å². The third-order valence-electron chi connectivity index (χ3n) is 7.69. The van der Waals surface area contributed by atoms with Crippen LogP contribution in [0.4, 0.5) is 0 Å². The Hall–Kier alpha value is -5.00. The molecule has 1 aliphatic rings. The number of ether oxygens (including phenoxy) is 1. The molecule has 49 heavy (non-hydrogen) atoms. The Morgan fingerprint density at radius 2 is 1.57 bits per heavy atom. The fourth-order valence-corrected chi connectivity index (χ4v) is 5.73. The van der Waals surface area contributed by atoms with Crippen LogP contribution in [-0.4, -0.2) is 64.6 Å². The first-order valence-corrected chi connectivity index (χ1v) is 16.1. The highest BCUT2D eigenvalue weighted by molar-refractivity contribution is 6.39. The van der Waals surface area contributed by atoms with E-state index in [1.165, 1.54) is 24.3 Å². The van der Waals surface area contributed by atoms with Gasteiger partial charge in [0.05, 0.1) is 33.8 Å². The van der Waals surface area contributed by atoms with E-state index in [0.717, 1.165) is 5.56 Å². The van der Waals surface area contributed by atoms with Gasteiger partial charge in [-0.25, -0.2) is 4.79 Å². The average molecular weight is 709 g/mol. The number of aliphatic carboxylic acids is 1. The van der Waals surface area contributed by atoms with Crippen molar-refractivity contribution < 1.29 is 38.7 Å². The molecule has 256 valence electrons. The van der Waals surface area contributed by atoms with Gasteiger partial charge in [0, 0.05) is 18.9 Å². The van der Waals surface area contributed by atoms with Crippen molar-refractivity contribution in [2.24, 2.45) is 11.1 Å². The van der Waals surface area contributed by atoms with Gasteiger partial charge >= 0.3 is 11.9 Å². The lowest BCUT2D eigenvalue weighted by Gasteiger charge is -2.29. The molecule has 4 rings (SSSR count). The van der Waals surface area contributed by atoms with Crippen LogP contribution in [0.15, 0.2) is 90.1 Å². The molecule has 0 bridgehead atoms. The molecule has 3 aromatic rings. The van der Waals surface area contributed by atoms with Crippen LogP contribution in [0.25, 0.3) is 6.08 Å². The van der Waals surface area contributed by atoms with Crippen LogP contribution in [0.5, 0.6) is 0 Å². The summed E-state index contributed by atoms with van der Waals surface area (Å²) in [5.74, 6) is -4.62. The number of rotatable bonds is 15. The summed E-state index contributed by atoms with van der Waals surface area (Å²) in [7, 11) is 0. The predicted molar refractivity (Wildman–Crippen MR) is 184 cm³/mol. The van der Waals surface area contributed by atoms with Gasteiger partial charge in [-0.05, 0) is 35.3 Å². The Balaban J connectivity index is 1.52. The Bertz CT molecular complexity index is 1730. The summed E-state index contributed by atoms with van der Waals surface area (Å²) in [5.41, 5.74) is 0.0658. The summed E-state index contributed by atoms with van der Waals surface area (Å²) < 4.78 is 5.10. The molecule has 0 fully saturated rings. The SMILES string of the molecule is CC(C)C(NC(=O)/C=C/c1ccccc1)C1=NOC(Cc2ccccc2)(C(=O)N[C@@H](CC(=O)O)C(=O)COC(=O)c2c(Cl)cccc2Cl)C1. The molecule has 1 aliphatic heterocycles. The fourth-order valence-electron chi connectivity index (χ4n) is 5.18. The number of ketones is 1.